The van der Waals surface area contributed by atoms with Gasteiger partial charge in [-0.3, -0.25) is 9.59 Å². The molecule has 130 valence electrons. The molecule has 0 unspecified atom stereocenters. The Morgan fingerprint density at radius 3 is 2.39 bits per heavy atom. The predicted octanol–water partition coefficient (Wildman–Crippen LogP) is 3.18. The molecular weight excluding hydrogens is 312 g/mol. The van der Waals surface area contributed by atoms with Crippen LogP contribution in [0.4, 0.5) is 5.00 Å². The van der Waals surface area contributed by atoms with Crippen LogP contribution in [-0.4, -0.2) is 29.6 Å². The number of rotatable bonds is 6. The lowest BCUT2D eigenvalue weighted by molar-refractivity contribution is -0.123. The number of aryl methyl sites for hydroxylation is 1. The summed E-state index contributed by atoms with van der Waals surface area (Å²) in [6.07, 6.45) is 0.703. The van der Waals surface area contributed by atoms with Gasteiger partial charge in [-0.15, -0.1) is 11.3 Å². The molecule has 5 nitrogen and oxygen atoms in total. The SMILES string of the molecule is Cc1cc(C(=O)N[C@H](CO)CC(C)C)c(NC(=O)C(C)(C)C)s1. The topological polar surface area (TPSA) is 78.4 Å². The summed E-state index contributed by atoms with van der Waals surface area (Å²) < 4.78 is 0. The molecule has 0 spiro atoms. The number of carbonyl (C=O) groups excluding carboxylic acids is 2. The van der Waals surface area contributed by atoms with Crippen LogP contribution in [0.3, 0.4) is 0 Å². The van der Waals surface area contributed by atoms with Gasteiger partial charge in [-0.1, -0.05) is 34.6 Å². The average Bonchev–Trinajstić information content (AvgIpc) is 2.77. The lowest BCUT2D eigenvalue weighted by atomic mass is 9.96. The van der Waals surface area contributed by atoms with Gasteiger partial charge < -0.3 is 15.7 Å². The second-order valence-corrected chi connectivity index (χ2v) is 8.54. The van der Waals surface area contributed by atoms with Gasteiger partial charge in [-0.05, 0) is 25.3 Å². The van der Waals surface area contributed by atoms with E-state index in [0.717, 1.165) is 4.88 Å². The molecule has 0 fully saturated rings. The predicted molar refractivity (Wildman–Crippen MR) is 94.9 cm³/mol. The third-order valence-electron chi connectivity index (χ3n) is 3.32. The largest absolute Gasteiger partial charge is 0.394 e. The van der Waals surface area contributed by atoms with Crippen molar-refractivity contribution in [3.8, 4) is 0 Å². The van der Waals surface area contributed by atoms with E-state index in [-0.39, 0.29) is 24.5 Å². The number of anilines is 1. The molecule has 0 radical (unpaired) electrons. The standard InChI is InChI=1S/C17H28N2O3S/c1-10(2)7-12(9-20)18-14(21)13-8-11(3)23-15(13)19-16(22)17(4,5)6/h8,10,12,20H,7,9H2,1-6H3,(H,18,21)(H,19,22)/t12-/m0/s1. The number of carbonyl (C=O) groups is 2. The van der Waals surface area contributed by atoms with Crippen LogP contribution in [-0.2, 0) is 4.79 Å². The molecule has 1 atom stereocenters. The van der Waals surface area contributed by atoms with Crippen molar-refractivity contribution in [2.75, 3.05) is 11.9 Å². The van der Waals surface area contributed by atoms with Crippen molar-refractivity contribution in [1.82, 2.24) is 5.32 Å². The first-order valence-corrected chi connectivity index (χ1v) is 8.69. The van der Waals surface area contributed by atoms with Gasteiger partial charge in [-0.25, -0.2) is 0 Å². The first-order valence-electron chi connectivity index (χ1n) is 7.88. The maximum absolute atomic E-state index is 12.5. The Bertz CT molecular complexity index is 559. The van der Waals surface area contributed by atoms with Gasteiger partial charge in [0, 0.05) is 10.3 Å². The van der Waals surface area contributed by atoms with E-state index in [1.807, 2.05) is 41.5 Å². The van der Waals surface area contributed by atoms with Crippen molar-refractivity contribution in [2.24, 2.45) is 11.3 Å². The third kappa shape index (κ3) is 5.95. The molecule has 2 amide bonds. The molecule has 1 aromatic heterocycles. The van der Waals surface area contributed by atoms with Crippen LogP contribution in [0.25, 0.3) is 0 Å². The Kier molecular flexibility index (Phi) is 6.77. The van der Waals surface area contributed by atoms with Gasteiger partial charge in [0.05, 0.1) is 18.2 Å². The van der Waals surface area contributed by atoms with Crippen LogP contribution in [0.15, 0.2) is 6.07 Å². The fourth-order valence-electron chi connectivity index (χ4n) is 2.08. The molecule has 6 heteroatoms. The Hall–Kier alpha value is -1.40. The zero-order chi connectivity index (χ0) is 17.8. The number of aliphatic hydroxyl groups excluding tert-OH is 1. The van der Waals surface area contributed by atoms with Crippen molar-refractivity contribution < 1.29 is 14.7 Å². The van der Waals surface area contributed by atoms with E-state index in [2.05, 4.69) is 10.6 Å². The number of hydrogen-bond acceptors (Lipinski definition) is 4. The molecule has 0 aliphatic carbocycles. The zero-order valence-corrected chi connectivity index (χ0v) is 15.6. The summed E-state index contributed by atoms with van der Waals surface area (Å²) >= 11 is 1.38. The van der Waals surface area contributed by atoms with Crippen LogP contribution < -0.4 is 10.6 Å². The van der Waals surface area contributed by atoms with Crippen molar-refractivity contribution >= 4 is 28.2 Å². The Morgan fingerprint density at radius 1 is 1.30 bits per heavy atom. The summed E-state index contributed by atoms with van der Waals surface area (Å²) in [5.74, 6) is -0.0238. The number of nitrogens with one attached hydrogen (secondary N) is 2. The molecule has 1 heterocycles. The minimum Gasteiger partial charge on any atom is -0.394 e. The molecule has 3 N–H and O–H groups in total. The number of aliphatic hydroxyl groups is 1. The fourth-order valence-corrected chi connectivity index (χ4v) is 2.98. The third-order valence-corrected chi connectivity index (χ3v) is 4.29. The Labute approximate surface area is 142 Å². The highest BCUT2D eigenvalue weighted by Gasteiger charge is 2.25. The second-order valence-electron chi connectivity index (χ2n) is 7.29. The average molecular weight is 340 g/mol. The zero-order valence-electron chi connectivity index (χ0n) is 14.8. The van der Waals surface area contributed by atoms with Crippen molar-refractivity contribution in [3.63, 3.8) is 0 Å². The maximum atomic E-state index is 12.5. The van der Waals surface area contributed by atoms with Crippen molar-refractivity contribution in [3.05, 3.63) is 16.5 Å². The van der Waals surface area contributed by atoms with Crippen LogP contribution in [0, 0.1) is 18.3 Å². The highest BCUT2D eigenvalue weighted by molar-refractivity contribution is 7.16. The van der Waals surface area contributed by atoms with Gasteiger partial charge >= 0.3 is 0 Å². The first kappa shape index (κ1) is 19.6. The molecular formula is C17H28N2O3S. The van der Waals surface area contributed by atoms with E-state index in [9.17, 15) is 14.7 Å². The molecule has 0 saturated carbocycles. The molecule has 1 aromatic rings. The molecule has 23 heavy (non-hydrogen) atoms. The Morgan fingerprint density at radius 2 is 1.91 bits per heavy atom. The minimum absolute atomic E-state index is 0.100. The fraction of sp³-hybridized carbons (Fsp3) is 0.647. The quantitative estimate of drug-likeness (QED) is 0.744. The van der Waals surface area contributed by atoms with E-state index in [1.54, 1.807) is 6.07 Å². The maximum Gasteiger partial charge on any atom is 0.254 e. The summed E-state index contributed by atoms with van der Waals surface area (Å²) in [5.41, 5.74) is -0.0796. The Balaban J connectivity index is 2.91. The van der Waals surface area contributed by atoms with Gasteiger partial charge in [0.1, 0.15) is 5.00 Å². The summed E-state index contributed by atoms with van der Waals surface area (Å²) in [4.78, 5) is 25.6. The lowest BCUT2D eigenvalue weighted by Crippen LogP contribution is -2.38. The number of hydrogen-bond donors (Lipinski definition) is 3. The summed E-state index contributed by atoms with van der Waals surface area (Å²) in [6, 6.07) is 1.48. The second kappa shape index (κ2) is 7.93. The van der Waals surface area contributed by atoms with E-state index >= 15 is 0 Å². The number of amides is 2. The number of thiophene rings is 1. The van der Waals surface area contributed by atoms with Gasteiger partial charge in [0.15, 0.2) is 0 Å². The highest BCUT2D eigenvalue weighted by atomic mass is 32.1. The highest BCUT2D eigenvalue weighted by Crippen LogP contribution is 2.29. The smallest absolute Gasteiger partial charge is 0.254 e. The van der Waals surface area contributed by atoms with E-state index in [4.69, 9.17) is 0 Å². The van der Waals surface area contributed by atoms with Crippen molar-refractivity contribution in [1.29, 1.82) is 0 Å². The van der Waals surface area contributed by atoms with Crippen LogP contribution >= 0.6 is 11.3 Å². The van der Waals surface area contributed by atoms with Crippen LogP contribution in [0.5, 0.6) is 0 Å². The molecule has 0 saturated heterocycles. The van der Waals surface area contributed by atoms with Gasteiger partial charge in [0.2, 0.25) is 5.91 Å². The van der Waals surface area contributed by atoms with Crippen LogP contribution in [0.1, 0.15) is 56.3 Å². The molecule has 0 aliphatic heterocycles. The summed E-state index contributed by atoms with van der Waals surface area (Å²) in [7, 11) is 0. The summed E-state index contributed by atoms with van der Waals surface area (Å²) in [5, 5.41) is 15.7. The van der Waals surface area contributed by atoms with Crippen molar-refractivity contribution in [2.45, 2.75) is 54.0 Å². The van der Waals surface area contributed by atoms with Gasteiger partial charge in [-0.2, -0.15) is 0 Å². The lowest BCUT2D eigenvalue weighted by Gasteiger charge is -2.20. The summed E-state index contributed by atoms with van der Waals surface area (Å²) in [6.45, 7) is 11.4. The van der Waals surface area contributed by atoms with E-state index in [1.165, 1.54) is 11.3 Å². The first-order chi connectivity index (χ1) is 10.5. The van der Waals surface area contributed by atoms with Crippen LogP contribution in [0.2, 0.25) is 0 Å². The molecule has 0 aromatic carbocycles. The molecule has 0 bridgehead atoms. The van der Waals surface area contributed by atoms with Gasteiger partial charge in [0.25, 0.3) is 5.91 Å². The van der Waals surface area contributed by atoms with E-state index < -0.39 is 5.41 Å². The molecule has 1 rings (SSSR count). The minimum atomic E-state index is -0.531. The van der Waals surface area contributed by atoms with E-state index in [0.29, 0.717) is 22.9 Å². The monoisotopic (exact) mass is 340 g/mol. The normalized spacial score (nSPS) is 13.0. The molecule has 0 aliphatic rings.